The summed E-state index contributed by atoms with van der Waals surface area (Å²) in [5.41, 5.74) is 0. The van der Waals surface area contributed by atoms with E-state index in [1.54, 1.807) is 16.4 Å². The monoisotopic (exact) mass is 402 g/mol. The summed E-state index contributed by atoms with van der Waals surface area (Å²) in [7, 11) is -6.90. The number of nitrogens with zero attached hydrogens (tertiary/aromatic N) is 1. The topological polar surface area (TPSA) is 92.8 Å². The van der Waals surface area contributed by atoms with E-state index in [-0.39, 0.29) is 29.1 Å². The predicted octanol–water partition coefficient (Wildman–Crippen LogP) is 1.71. The zero-order valence-electron chi connectivity index (χ0n) is 15.3. The van der Waals surface area contributed by atoms with E-state index in [2.05, 4.69) is 4.72 Å². The number of hydrogen-bond donors (Lipinski definition) is 1. The third kappa shape index (κ3) is 4.21. The molecule has 3 rings (SSSR count). The molecule has 2 saturated heterocycles. The Kier molecular flexibility index (Phi) is 5.35. The molecule has 0 aromatic heterocycles. The van der Waals surface area contributed by atoms with Crippen molar-refractivity contribution in [3.63, 3.8) is 0 Å². The maximum atomic E-state index is 12.7. The van der Waals surface area contributed by atoms with E-state index in [4.69, 9.17) is 4.74 Å². The van der Waals surface area contributed by atoms with Gasteiger partial charge in [0, 0.05) is 18.1 Å². The van der Waals surface area contributed by atoms with Crippen LogP contribution in [0.2, 0.25) is 0 Å². The number of hydrogen-bond acceptors (Lipinski definition) is 5. The zero-order chi connectivity index (χ0) is 19.1. The van der Waals surface area contributed by atoms with Crippen molar-refractivity contribution in [2.45, 2.75) is 68.7 Å². The first kappa shape index (κ1) is 19.6. The molecule has 0 amide bonds. The smallest absolute Gasteiger partial charge is 0.240 e. The summed E-state index contributed by atoms with van der Waals surface area (Å²) in [6.45, 7) is 3.81. The number of nitrogens with one attached hydrogen (secondary N) is 1. The van der Waals surface area contributed by atoms with Gasteiger partial charge in [-0.1, -0.05) is 0 Å². The van der Waals surface area contributed by atoms with Crippen molar-refractivity contribution in [1.82, 2.24) is 9.03 Å². The van der Waals surface area contributed by atoms with Crippen molar-refractivity contribution in [2.75, 3.05) is 6.26 Å². The van der Waals surface area contributed by atoms with Crippen LogP contribution in [0.3, 0.4) is 0 Å². The fraction of sp³-hybridized carbons (Fsp3) is 0.647. The molecule has 2 fully saturated rings. The van der Waals surface area contributed by atoms with E-state index in [0.717, 1.165) is 12.8 Å². The predicted molar refractivity (Wildman–Crippen MR) is 99.0 cm³/mol. The lowest BCUT2D eigenvalue weighted by molar-refractivity contribution is 0.221. The fourth-order valence-corrected chi connectivity index (χ4v) is 6.76. The molecule has 9 heteroatoms. The quantitative estimate of drug-likeness (QED) is 0.782. The number of rotatable bonds is 6. The van der Waals surface area contributed by atoms with Gasteiger partial charge in [-0.25, -0.2) is 21.6 Å². The van der Waals surface area contributed by atoms with E-state index in [9.17, 15) is 16.8 Å². The first-order valence-electron chi connectivity index (χ1n) is 8.84. The first-order valence-corrected chi connectivity index (χ1v) is 12.2. The van der Waals surface area contributed by atoms with Crippen molar-refractivity contribution < 1.29 is 21.6 Å². The second-order valence-corrected chi connectivity index (χ2v) is 11.0. The van der Waals surface area contributed by atoms with Crippen LogP contribution >= 0.6 is 0 Å². The second kappa shape index (κ2) is 7.10. The second-order valence-electron chi connectivity index (χ2n) is 7.41. The van der Waals surface area contributed by atoms with Gasteiger partial charge in [0.2, 0.25) is 20.0 Å². The van der Waals surface area contributed by atoms with E-state index in [0.29, 0.717) is 18.6 Å². The van der Waals surface area contributed by atoms with Gasteiger partial charge in [0.15, 0.2) is 0 Å². The highest BCUT2D eigenvalue weighted by Gasteiger charge is 2.45. The minimum absolute atomic E-state index is 0.0195. The molecule has 0 radical (unpaired) electrons. The molecular weight excluding hydrogens is 376 g/mol. The third-order valence-corrected chi connectivity index (χ3v) is 7.78. The summed E-state index contributed by atoms with van der Waals surface area (Å²) < 4.78 is 59.1. The summed E-state index contributed by atoms with van der Waals surface area (Å²) in [5.74, 6) is 0.624. The number of benzene rings is 1. The normalized spacial score (nSPS) is 27.0. The molecule has 146 valence electrons. The molecule has 0 saturated carbocycles. The lowest BCUT2D eigenvalue weighted by atomic mass is 10.0. The Morgan fingerprint density at radius 3 is 2.04 bits per heavy atom. The highest BCUT2D eigenvalue weighted by Crippen LogP contribution is 2.37. The molecule has 2 aliphatic heterocycles. The molecule has 1 aromatic rings. The van der Waals surface area contributed by atoms with E-state index >= 15 is 0 Å². The molecule has 0 aliphatic carbocycles. The van der Waals surface area contributed by atoms with Crippen molar-refractivity contribution in [3.8, 4) is 5.75 Å². The van der Waals surface area contributed by atoms with Crippen molar-refractivity contribution in [3.05, 3.63) is 24.3 Å². The van der Waals surface area contributed by atoms with Crippen LogP contribution < -0.4 is 9.46 Å². The minimum Gasteiger partial charge on any atom is -0.491 e. The maximum Gasteiger partial charge on any atom is 0.240 e. The third-order valence-electron chi connectivity index (χ3n) is 4.88. The van der Waals surface area contributed by atoms with Crippen LogP contribution in [-0.2, 0) is 20.0 Å². The summed E-state index contributed by atoms with van der Waals surface area (Å²) in [6.07, 6.45) is 3.85. The van der Waals surface area contributed by atoms with Gasteiger partial charge in [-0.2, -0.15) is 4.31 Å². The standard InChI is InChI=1S/C17H26N2O5S2/c1-12(2)24-16-6-8-17(9-7-16)26(22,23)18-13-10-14-4-5-15(11-13)19(14)25(3,20)21/h6-9,12-15,18H,4-5,10-11H2,1-3H3. The van der Waals surface area contributed by atoms with Gasteiger partial charge in [0.1, 0.15) is 5.75 Å². The van der Waals surface area contributed by atoms with Gasteiger partial charge in [-0.3, -0.25) is 0 Å². The van der Waals surface area contributed by atoms with Crippen molar-refractivity contribution >= 4 is 20.0 Å². The van der Waals surface area contributed by atoms with Crippen LogP contribution in [0.4, 0.5) is 0 Å². The van der Waals surface area contributed by atoms with Crippen molar-refractivity contribution in [2.24, 2.45) is 0 Å². The van der Waals surface area contributed by atoms with Gasteiger partial charge < -0.3 is 4.74 Å². The average molecular weight is 403 g/mol. The number of sulfonamides is 2. The first-order chi connectivity index (χ1) is 12.1. The summed E-state index contributed by atoms with van der Waals surface area (Å²) >= 11 is 0. The molecule has 26 heavy (non-hydrogen) atoms. The molecule has 1 aromatic carbocycles. The van der Waals surface area contributed by atoms with Crippen LogP contribution in [0.5, 0.6) is 5.75 Å². The average Bonchev–Trinajstić information content (AvgIpc) is 2.79. The number of piperidine rings is 1. The Morgan fingerprint density at radius 1 is 1.04 bits per heavy atom. The molecule has 2 heterocycles. The zero-order valence-corrected chi connectivity index (χ0v) is 16.9. The van der Waals surface area contributed by atoms with Crippen LogP contribution in [0.25, 0.3) is 0 Å². The summed E-state index contributed by atoms with van der Waals surface area (Å²) in [4.78, 5) is 0.187. The highest BCUT2D eigenvalue weighted by atomic mass is 32.2. The van der Waals surface area contributed by atoms with Gasteiger partial charge >= 0.3 is 0 Å². The van der Waals surface area contributed by atoms with Gasteiger partial charge in [0.05, 0.1) is 17.3 Å². The van der Waals surface area contributed by atoms with Gasteiger partial charge in [-0.05, 0) is 63.8 Å². The lowest BCUT2D eigenvalue weighted by Crippen LogP contribution is -2.51. The van der Waals surface area contributed by atoms with Crippen LogP contribution in [0, 0.1) is 0 Å². The molecule has 2 unspecified atom stereocenters. The van der Waals surface area contributed by atoms with E-state index in [1.807, 2.05) is 13.8 Å². The van der Waals surface area contributed by atoms with E-state index < -0.39 is 20.0 Å². The largest absolute Gasteiger partial charge is 0.491 e. The van der Waals surface area contributed by atoms with Gasteiger partial charge in [-0.15, -0.1) is 0 Å². The minimum atomic E-state index is -3.65. The Hall–Kier alpha value is -1.16. The molecular formula is C17H26N2O5S2. The molecule has 0 spiro atoms. The van der Waals surface area contributed by atoms with Crippen LogP contribution in [-0.4, -0.2) is 51.6 Å². The highest BCUT2D eigenvalue weighted by molar-refractivity contribution is 7.89. The Morgan fingerprint density at radius 2 is 1.58 bits per heavy atom. The fourth-order valence-electron chi connectivity index (χ4n) is 4.03. The summed E-state index contributed by atoms with van der Waals surface area (Å²) in [6, 6.07) is 5.87. The van der Waals surface area contributed by atoms with Crippen LogP contribution in [0.15, 0.2) is 29.2 Å². The molecule has 2 atom stereocenters. The summed E-state index contributed by atoms with van der Waals surface area (Å²) in [5, 5.41) is 0. The number of ether oxygens (including phenoxy) is 1. The maximum absolute atomic E-state index is 12.7. The SMILES string of the molecule is CC(C)Oc1ccc(S(=O)(=O)NC2CC3CCC(C2)N3S(C)(=O)=O)cc1. The lowest BCUT2D eigenvalue weighted by Gasteiger charge is -2.37. The van der Waals surface area contributed by atoms with Crippen LogP contribution in [0.1, 0.15) is 39.5 Å². The number of fused-ring (bicyclic) bond motifs is 2. The Labute approximate surface area is 155 Å². The van der Waals surface area contributed by atoms with Gasteiger partial charge in [0.25, 0.3) is 0 Å². The molecule has 2 bridgehead atoms. The van der Waals surface area contributed by atoms with Crippen molar-refractivity contribution in [1.29, 1.82) is 0 Å². The molecule has 1 N–H and O–H groups in total. The Bertz CT molecular complexity index is 836. The Balaban J connectivity index is 1.69. The molecule has 7 nitrogen and oxygen atoms in total. The van der Waals surface area contributed by atoms with E-state index in [1.165, 1.54) is 18.4 Å². The molecule has 2 aliphatic rings.